The highest BCUT2D eigenvalue weighted by Crippen LogP contribution is 2.25. The molecular weight excluding hydrogens is 188 g/mol. The van der Waals surface area contributed by atoms with Gasteiger partial charge in [-0.25, -0.2) is 0 Å². The Balaban J connectivity index is 2.47. The molecule has 0 aromatic rings. The molecule has 1 atom stereocenters. The number of rotatable bonds is 5. The summed E-state index contributed by atoms with van der Waals surface area (Å²) in [6.07, 6.45) is 7.90. The Hall–Kier alpha value is -0.370. The van der Waals surface area contributed by atoms with Crippen molar-refractivity contribution in [3.05, 3.63) is 0 Å². The summed E-state index contributed by atoms with van der Waals surface area (Å²) < 4.78 is 5.50. The van der Waals surface area contributed by atoms with E-state index in [1.165, 1.54) is 25.7 Å². The zero-order valence-electron chi connectivity index (χ0n) is 10.1. The lowest BCUT2D eigenvalue weighted by Crippen LogP contribution is -2.30. The summed E-state index contributed by atoms with van der Waals surface area (Å²) in [6.45, 7) is 4.65. The smallest absolute Gasteiger partial charge is 0.164 e. The summed E-state index contributed by atoms with van der Waals surface area (Å²) in [5.41, 5.74) is 0. The molecule has 0 saturated heterocycles. The molecule has 0 heterocycles. The molecule has 1 aliphatic rings. The number of hydrogen-bond acceptors (Lipinski definition) is 2. The maximum atomic E-state index is 12.1. The van der Waals surface area contributed by atoms with Gasteiger partial charge in [0.15, 0.2) is 5.78 Å². The molecule has 0 amide bonds. The van der Waals surface area contributed by atoms with Crippen LogP contribution in [0, 0.1) is 5.92 Å². The van der Waals surface area contributed by atoms with Crippen LogP contribution in [0.4, 0.5) is 0 Å². The highest BCUT2D eigenvalue weighted by atomic mass is 16.5. The van der Waals surface area contributed by atoms with E-state index in [0.29, 0.717) is 12.4 Å². The molecule has 15 heavy (non-hydrogen) atoms. The van der Waals surface area contributed by atoms with E-state index in [-0.39, 0.29) is 12.0 Å². The van der Waals surface area contributed by atoms with Crippen molar-refractivity contribution in [1.29, 1.82) is 0 Å². The fraction of sp³-hybridized carbons (Fsp3) is 0.923. The van der Waals surface area contributed by atoms with Gasteiger partial charge in [-0.2, -0.15) is 0 Å². The second-order valence-electron chi connectivity index (χ2n) is 4.44. The monoisotopic (exact) mass is 212 g/mol. The van der Waals surface area contributed by atoms with E-state index in [1.54, 1.807) is 0 Å². The second kappa shape index (κ2) is 7.00. The molecule has 0 spiro atoms. The van der Waals surface area contributed by atoms with Gasteiger partial charge >= 0.3 is 0 Å². The Morgan fingerprint density at radius 3 is 2.27 bits per heavy atom. The molecular formula is C13H24O2. The molecule has 2 heteroatoms. The molecule has 1 fully saturated rings. The van der Waals surface area contributed by atoms with Gasteiger partial charge in [-0.1, -0.05) is 32.6 Å². The van der Waals surface area contributed by atoms with Crippen molar-refractivity contribution in [3.8, 4) is 0 Å². The largest absolute Gasteiger partial charge is 0.371 e. The Morgan fingerprint density at radius 2 is 1.80 bits per heavy atom. The van der Waals surface area contributed by atoms with Crippen LogP contribution in [0.2, 0.25) is 0 Å². The van der Waals surface area contributed by atoms with E-state index < -0.39 is 0 Å². The van der Waals surface area contributed by atoms with Crippen LogP contribution in [-0.2, 0) is 9.53 Å². The SMILES string of the molecule is CCOC(CC)C(=O)C1CCCCCC1. The standard InChI is InChI=1S/C13H24O2/c1-3-12(15-4-2)13(14)11-9-7-5-6-8-10-11/h11-12H,3-10H2,1-2H3. The Kier molecular flexibility index (Phi) is 5.92. The van der Waals surface area contributed by atoms with Crippen LogP contribution in [0.1, 0.15) is 58.8 Å². The first-order valence-corrected chi connectivity index (χ1v) is 6.44. The van der Waals surface area contributed by atoms with Crippen LogP contribution < -0.4 is 0 Å². The van der Waals surface area contributed by atoms with Gasteiger partial charge in [-0.05, 0) is 26.2 Å². The van der Waals surface area contributed by atoms with Crippen LogP contribution in [0.15, 0.2) is 0 Å². The van der Waals surface area contributed by atoms with E-state index in [9.17, 15) is 4.79 Å². The first-order valence-electron chi connectivity index (χ1n) is 6.44. The van der Waals surface area contributed by atoms with E-state index in [4.69, 9.17) is 4.74 Å². The Bertz CT molecular complexity index is 181. The van der Waals surface area contributed by atoms with E-state index in [1.807, 2.05) is 13.8 Å². The first kappa shape index (κ1) is 12.7. The fourth-order valence-corrected chi connectivity index (χ4v) is 2.43. The third-order valence-electron chi connectivity index (χ3n) is 3.31. The predicted molar refractivity (Wildman–Crippen MR) is 61.9 cm³/mol. The summed E-state index contributed by atoms with van der Waals surface area (Å²) in [6, 6.07) is 0. The van der Waals surface area contributed by atoms with Crippen LogP contribution in [-0.4, -0.2) is 18.5 Å². The van der Waals surface area contributed by atoms with Gasteiger partial charge in [0.25, 0.3) is 0 Å². The van der Waals surface area contributed by atoms with Gasteiger partial charge in [0, 0.05) is 12.5 Å². The summed E-state index contributed by atoms with van der Waals surface area (Å²) in [4.78, 5) is 12.1. The molecule has 0 aliphatic heterocycles. The zero-order valence-corrected chi connectivity index (χ0v) is 10.1. The normalized spacial score (nSPS) is 20.9. The predicted octanol–water partition coefficient (Wildman–Crippen LogP) is 3.34. The van der Waals surface area contributed by atoms with Gasteiger partial charge in [0.05, 0.1) is 0 Å². The van der Waals surface area contributed by atoms with Gasteiger partial charge in [0.2, 0.25) is 0 Å². The molecule has 0 radical (unpaired) electrons. The van der Waals surface area contributed by atoms with Gasteiger partial charge in [0.1, 0.15) is 6.10 Å². The topological polar surface area (TPSA) is 26.3 Å². The molecule has 88 valence electrons. The first-order chi connectivity index (χ1) is 7.29. The molecule has 2 nitrogen and oxygen atoms in total. The van der Waals surface area contributed by atoms with Crippen molar-refractivity contribution in [2.45, 2.75) is 64.9 Å². The van der Waals surface area contributed by atoms with Crippen molar-refractivity contribution in [2.75, 3.05) is 6.61 Å². The molecule has 1 unspecified atom stereocenters. The maximum absolute atomic E-state index is 12.1. The molecule has 1 aliphatic carbocycles. The summed E-state index contributed by atoms with van der Waals surface area (Å²) in [5.74, 6) is 0.644. The van der Waals surface area contributed by atoms with E-state index >= 15 is 0 Å². The molecule has 0 aromatic heterocycles. The van der Waals surface area contributed by atoms with Gasteiger partial charge in [-0.3, -0.25) is 4.79 Å². The summed E-state index contributed by atoms with van der Waals surface area (Å²) in [5, 5.41) is 0. The van der Waals surface area contributed by atoms with Crippen LogP contribution in [0.5, 0.6) is 0 Å². The van der Waals surface area contributed by atoms with Crippen LogP contribution in [0.3, 0.4) is 0 Å². The van der Waals surface area contributed by atoms with Crippen LogP contribution in [0.25, 0.3) is 0 Å². The summed E-state index contributed by atoms with van der Waals surface area (Å²) in [7, 11) is 0. The average molecular weight is 212 g/mol. The van der Waals surface area contributed by atoms with Crippen LogP contribution >= 0.6 is 0 Å². The number of carbonyl (C=O) groups is 1. The van der Waals surface area contributed by atoms with Gasteiger partial charge < -0.3 is 4.74 Å². The molecule has 1 saturated carbocycles. The van der Waals surface area contributed by atoms with Crippen molar-refractivity contribution < 1.29 is 9.53 Å². The lowest BCUT2D eigenvalue weighted by molar-refractivity contribution is -0.135. The van der Waals surface area contributed by atoms with Crippen molar-refractivity contribution in [1.82, 2.24) is 0 Å². The lowest BCUT2D eigenvalue weighted by atomic mass is 9.91. The molecule has 1 rings (SSSR count). The zero-order chi connectivity index (χ0) is 11.1. The average Bonchev–Trinajstić information content (AvgIpc) is 2.53. The Morgan fingerprint density at radius 1 is 1.20 bits per heavy atom. The summed E-state index contributed by atoms with van der Waals surface area (Å²) >= 11 is 0. The van der Waals surface area contributed by atoms with Crippen molar-refractivity contribution in [3.63, 3.8) is 0 Å². The molecule has 0 N–H and O–H groups in total. The van der Waals surface area contributed by atoms with E-state index in [2.05, 4.69) is 0 Å². The van der Waals surface area contributed by atoms with Gasteiger partial charge in [-0.15, -0.1) is 0 Å². The third kappa shape index (κ3) is 3.94. The Labute approximate surface area is 93.4 Å². The number of Topliss-reactive ketones (excluding diaryl/α,β-unsaturated/α-hetero) is 1. The number of ether oxygens (including phenoxy) is 1. The third-order valence-corrected chi connectivity index (χ3v) is 3.31. The lowest BCUT2D eigenvalue weighted by Gasteiger charge is -2.20. The minimum absolute atomic E-state index is 0.141. The maximum Gasteiger partial charge on any atom is 0.164 e. The quantitative estimate of drug-likeness (QED) is 0.653. The minimum Gasteiger partial charge on any atom is -0.371 e. The number of carbonyl (C=O) groups excluding carboxylic acids is 1. The second-order valence-corrected chi connectivity index (χ2v) is 4.44. The highest BCUT2D eigenvalue weighted by Gasteiger charge is 2.26. The molecule has 0 aromatic carbocycles. The molecule has 0 bridgehead atoms. The van der Waals surface area contributed by atoms with Crippen molar-refractivity contribution in [2.24, 2.45) is 5.92 Å². The van der Waals surface area contributed by atoms with Crippen molar-refractivity contribution >= 4 is 5.78 Å². The fourth-order valence-electron chi connectivity index (χ4n) is 2.43. The number of hydrogen-bond donors (Lipinski definition) is 0. The minimum atomic E-state index is -0.141. The number of ketones is 1. The van der Waals surface area contributed by atoms with E-state index in [0.717, 1.165) is 19.3 Å². The highest BCUT2D eigenvalue weighted by molar-refractivity contribution is 5.85.